The molecule has 0 spiro atoms. The summed E-state index contributed by atoms with van der Waals surface area (Å²) < 4.78 is 37.1. The average molecular weight is 329 g/mol. The molecule has 1 unspecified atom stereocenters. The Kier molecular flexibility index (Phi) is 4.10. The van der Waals surface area contributed by atoms with E-state index in [0.29, 0.717) is 0 Å². The molecule has 0 saturated carbocycles. The Hall–Kier alpha value is -2.16. The summed E-state index contributed by atoms with van der Waals surface area (Å²) >= 11 is 0. The number of urea groups is 1. The molecular weight excluding hydrogens is 313 g/mol. The van der Waals surface area contributed by atoms with Crippen molar-refractivity contribution in [3.05, 3.63) is 24.0 Å². The molecule has 120 valence electrons. The highest BCUT2D eigenvalue weighted by molar-refractivity contribution is 7.90. The third kappa shape index (κ3) is 2.89. The van der Waals surface area contributed by atoms with Crippen molar-refractivity contribution in [1.82, 2.24) is 9.80 Å². The number of carbonyl (C=O) groups is 2. The largest absolute Gasteiger partial charge is 0.326 e. The number of likely N-dealkylation sites (N-methyl/N-ethyl adjacent to an activating group) is 1. The molecule has 22 heavy (non-hydrogen) atoms. The van der Waals surface area contributed by atoms with Gasteiger partial charge in [-0.1, -0.05) is 6.07 Å². The second-order valence-corrected chi connectivity index (χ2v) is 7.09. The Balaban J connectivity index is 2.31. The molecule has 0 aromatic heterocycles. The zero-order valence-electron chi connectivity index (χ0n) is 12.3. The summed E-state index contributed by atoms with van der Waals surface area (Å²) in [4.78, 5) is 26.0. The van der Waals surface area contributed by atoms with Crippen LogP contribution in [0.3, 0.4) is 0 Å². The molecule has 1 atom stereocenters. The van der Waals surface area contributed by atoms with Crippen LogP contribution in [-0.2, 0) is 14.6 Å². The highest BCUT2D eigenvalue weighted by Crippen LogP contribution is 2.25. The fourth-order valence-electron chi connectivity index (χ4n) is 2.28. The topological polar surface area (TPSA) is 86.8 Å². The van der Waals surface area contributed by atoms with Gasteiger partial charge in [-0.05, 0) is 19.1 Å². The van der Waals surface area contributed by atoms with Gasteiger partial charge in [-0.25, -0.2) is 17.6 Å². The van der Waals surface area contributed by atoms with Crippen molar-refractivity contribution in [1.29, 1.82) is 0 Å². The van der Waals surface area contributed by atoms with E-state index in [2.05, 4.69) is 5.32 Å². The molecule has 1 N–H and O–H groups in total. The molecule has 1 aliphatic rings. The lowest BCUT2D eigenvalue weighted by atomic mass is 10.3. The van der Waals surface area contributed by atoms with Crippen molar-refractivity contribution in [3.63, 3.8) is 0 Å². The first-order valence-corrected chi connectivity index (χ1v) is 8.33. The van der Waals surface area contributed by atoms with E-state index in [9.17, 15) is 22.4 Å². The average Bonchev–Trinajstić information content (AvgIpc) is 2.65. The van der Waals surface area contributed by atoms with E-state index in [0.717, 1.165) is 12.3 Å². The number of sulfone groups is 1. The van der Waals surface area contributed by atoms with Crippen LogP contribution >= 0.6 is 0 Å². The maximum atomic E-state index is 13.8. The molecule has 1 aliphatic heterocycles. The van der Waals surface area contributed by atoms with E-state index >= 15 is 0 Å². The van der Waals surface area contributed by atoms with Crippen LogP contribution in [0.25, 0.3) is 0 Å². The van der Waals surface area contributed by atoms with E-state index in [1.807, 2.05) is 0 Å². The van der Waals surface area contributed by atoms with Crippen LogP contribution in [0, 0.1) is 5.82 Å². The Labute approximate surface area is 127 Å². The van der Waals surface area contributed by atoms with Gasteiger partial charge in [0.1, 0.15) is 16.8 Å². The SMILES string of the molecule is CC1C(=O)N(C)CN1C(=O)Nc1cccc(F)c1S(C)(=O)=O. The van der Waals surface area contributed by atoms with Gasteiger partial charge in [-0.2, -0.15) is 0 Å². The number of amides is 3. The molecule has 0 radical (unpaired) electrons. The second-order valence-electron chi connectivity index (χ2n) is 5.14. The normalized spacial score (nSPS) is 18.7. The van der Waals surface area contributed by atoms with Crippen LogP contribution in [0.2, 0.25) is 0 Å². The van der Waals surface area contributed by atoms with Crippen LogP contribution in [0.5, 0.6) is 0 Å². The first kappa shape index (κ1) is 16.2. The van der Waals surface area contributed by atoms with Gasteiger partial charge in [0.15, 0.2) is 9.84 Å². The van der Waals surface area contributed by atoms with Gasteiger partial charge in [0.2, 0.25) is 5.91 Å². The van der Waals surface area contributed by atoms with E-state index in [1.54, 1.807) is 14.0 Å². The number of benzene rings is 1. The highest BCUT2D eigenvalue weighted by atomic mass is 32.2. The van der Waals surface area contributed by atoms with Gasteiger partial charge in [-0.3, -0.25) is 9.69 Å². The number of anilines is 1. The van der Waals surface area contributed by atoms with Crippen molar-refractivity contribution < 1.29 is 22.4 Å². The summed E-state index contributed by atoms with van der Waals surface area (Å²) in [5.41, 5.74) is -0.151. The Morgan fingerprint density at radius 2 is 2.05 bits per heavy atom. The fourth-order valence-corrected chi connectivity index (χ4v) is 3.23. The zero-order valence-corrected chi connectivity index (χ0v) is 13.1. The molecular formula is C13H16FN3O4S. The van der Waals surface area contributed by atoms with E-state index in [1.165, 1.54) is 21.9 Å². The van der Waals surface area contributed by atoms with Crippen LogP contribution < -0.4 is 5.32 Å². The third-order valence-electron chi connectivity index (χ3n) is 3.41. The van der Waals surface area contributed by atoms with Gasteiger partial charge < -0.3 is 10.2 Å². The molecule has 0 aliphatic carbocycles. The third-order valence-corrected chi connectivity index (χ3v) is 4.56. The van der Waals surface area contributed by atoms with Crippen molar-refractivity contribution in [2.24, 2.45) is 0 Å². The van der Waals surface area contributed by atoms with Crippen LogP contribution in [0.4, 0.5) is 14.9 Å². The maximum Gasteiger partial charge on any atom is 0.323 e. The standard InChI is InChI=1S/C13H16FN3O4S/c1-8-12(18)16(2)7-17(8)13(19)15-10-6-4-5-9(14)11(10)22(3,20)21/h4-6,8H,7H2,1-3H3,(H,15,19). The summed E-state index contributed by atoms with van der Waals surface area (Å²) in [6, 6.07) is 2.26. The van der Waals surface area contributed by atoms with Gasteiger partial charge in [0, 0.05) is 13.3 Å². The van der Waals surface area contributed by atoms with Crippen molar-refractivity contribution >= 4 is 27.5 Å². The van der Waals surface area contributed by atoms with Crippen LogP contribution in [0.15, 0.2) is 23.1 Å². The molecule has 7 nitrogen and oxygen atoms in total. The predicted molar refractivity (Wildman–Crippen MR) is 77.5 cm³/mol. The molecule has 0 bridgehead atoms. The first-order chi connectivity index (χ1) is 10.1. The minimum absolute atomic E-state index is 0.0787. The van der Waals surface area contributed by atoms with E-state index in [-0.39, 0.29) is 18.3 Å². The van der Waals surface area contributed by atoms with Gasteiger partial charge in [-0.15, -0.1) is 0 Å². The summed E-state index contributed by atoms with van der Waals surface area (Å²) in [6.07, 6.45) is 0.858. The Bertz CT molecular complexity index is 735. The molecule has 3 amide bonds. The number of rotatable bonds is 2. The summed E-state index contributed by atoms with van der Waals surface area (Å²) in [7, 11) is -2.30. The maximum absolute atomic E-state index is 13.8. The van der Waals surface area contributed by atoms with Crippen molar-refractivity contribution in [2.75, 3.05) is 25.3 Å². The number of hydrogen-bond acceptors (Lipinski definition) is 4. The quantitative estimate of drug-likeness (QED) is 0.873. The van der Waals surface area contributed by atoms with Gasteiger partial charge in [0.25, 0.3) is 0 Å². The van der Waals surface area contributed by atoms with E-state index in [4.69, 9.17) is 0 Å². The Morgan fingerprint density at radius 1 is 1.41 bits per heavy atom. The minimum atomic E-state index is -3.85. The summed E-state index contributed by atoms with van der Waals surface area (Å²) in [5.74, 6) is -1.17. The smallest absolute Gasteiger partial charge is 0.323 e. The lowest BCUT2D eigenvalue weighted by Crippen LogP contribution is -2.39. The van der Waals surface area contributed by atoms with Gasteiger partial charge >= 0.3 is 6.03 Å². The Morgan fingerprint density at radius 3 is 2.55 bits per heavy atom. The van der Waals surface area contributed by atoms with Gasteiger partial charge in [0.05, 0.1) is 12.4 Å². The monoisotopic (exact) mass is 329 g/mol. The predicted octanol–water partition coefficient (Wildman–Crippen LogP) is 0.881. The molecule has 9 heteroatoms. The van der Waals surface area contributed by atoms with Crippen LogP contribution in [0.1, 0.15) is 6.92 Å². The van der Waals surface area contributed by atoms with Crippen LogP contribution in [-0.4, -0.2) is 56.2 Å². The molecule has 1 aromatic rings. The summed E-state index contributed by atoms with van der Waals surface area (Å²) in [6.45, 7) is 1.64. The number of carbonyl (C=O) groups excluding carboxylic acids is 2. The van der Waals surface area contributed by atoms with Crippen molar-refractivity contribution in [3.8, 4) is 0 Å². The van der Waals surface area contributed by atoms with E-state index < -0.39 is 32.6 Å². The second kappa shape index (κ2) is 5.56. The summed E-state index contributed by atoms with van der Waals surface area (Å²) in [5, 5.41) is 2.36. The number of nitrogens with zero attached hydrogens (tertiary/aromatic N) is 2. The lowest BCUT2D eigenvalue weighted by molar-refractivity contribution is -0.127. The molecule has 1 fully saturated rings. The molecule has 1 saturated heterocycles. The zero-order chi connectivity index (χ0) is 16.7. The lowest BCUT2D eigenvalue weighted by Gasteiger charge is -2.20. The molecule has 1 aromatic carbocycles. The number of hydrogen-bond donors (Lipinski definition) is 1. The minimum Gasteiger partial charge on any atom is -0.326 e. The fraction of sp³-hybridized carbons (Fsp3) is 0.385. The van der Waals surface area contributed by atoms with Crippen molar-refractivity contribution in [2.45, 2.75) is 17.9 Å². The highest BCUT2D eigenvalue weighted by Gasteiger charge is 2.36. The molecule has 2 rings (SSSR count). The molecule has 1 heterocycles. The first-order valence-electron chi connectivity index (χ1n) is 6.44. The number of nitrogens with one attached hydrogen (secondary N) is 1. The number of halogens is 1.